The van der Waals surface area contributed by atoms with Crippen LogP contribution in [0.3, 0.4) is 0 Å². The maximum Gasteiger partial charge on any atom is 0.272 e. The number of rotatable bonds is 11. The number of amides is 3. The number of carbonyl (C=O) groups is 3. The van der Waals surface area contributed by atoms with E-state index in [-0.39, 0.29) is 17.4 Å². The summed E-state index contributed by atoms with van der Waals surface area (Å²) >= 11 is 7.37. The highest BCUT2D eigenvalue weighted by Crippen LogP contribution is 2.32. The molecule has 0 aromatic heterocycles. The fraction of sp³-hybridized carbons (Fsp3) is 0.121. The second-order valence-corrected chi connectivity index (χ2v) is 10.7. The molecule has 0 saturated carbocycles. The molecular weight excluding hydrogens is 586 g/mol. The fourth-order valence-corrected chi connectivity index (χ4v) is 4.98. The largest absolute Gasteiger partial charge is 0.493 e. The van der Waals surface area contributed by atoms with Crippen LogP contribution in [0, 0.1) is 6.92 Å². The molecule has 0 unspecified atom stereocenters. The van der Waals surface area contributed by atoms with Gasteiger partial charge in [-0.1, -0.05) is 54.1 Å². The third kappa shape index (κ3) is 8.64. The van der Waals surface area contributed by atoms with Gasteiger partial charge in [-0.3, -0.25) is 14.4 Å². The van der Waals surface area contributed by atoms with E-state index in [0.717, 1.165) is 10.5 Å². The van der Waals surface area contributed by atoms with Crippen LogP contribution in [0.1, 0.15) is 21.5 Å². The number of thioether (sulfide) groups is 1. The van der Waals surface area contributed by atoms with Crippen molar-refractivity contribution >= 4 is 58.5 Å². The average Bonchev–Trinajstić information content (AvgIpc) is 3.01. The van der Waals surface area contributed by atoms with Crippen molar-refractivity contribution in [2.24, 2.45) is 0 Å². The first kappa shape index (κ1) is 31.2. The molecule has 0 atom stereocenters. The molecule has 10 heteroatoms. The maximum atomic E-state index is 13.5. The van der Waals surface area contributed by atoms with Crippen LogP contribution in [0.5, 0.6) is 11.5 Å². The van der Waals surface area contributed by atoms with Crippen molar-refractivity contribution in [3.63, 3.8) is 0 Å². The van der Waals surface area contributed by atoms with Crippen LogP contribution in [0.15, 0.2) is 102 Å². The van der Waals surface area contributed by atoms with Gasteiger partial charge >= 0.3 is 0 Å². The molecule has 4 rings (SSSR count). The number of ether oxygens (including phenoxy) is 2. The van der Waals surface area contributed by atoms with Crippen LogP contribution in [-0.2, 0) is 9.59 Å². The molecule has 43 heavy (non-hydrogen) atoms. The van der Waals surface area contributed by atoms with E-state index in [0.29, 0.717) is 39.0 Å². The summed E-state index contributed by atoms with van der Waals surface area (Å²) in [6, 6.07) is 26.2. The van der Waals surface area contributed by atoms with E-state index in [2.05, 4.69) is 16.0 Å². The van der Waals surface area contributed by atoms with Gasteiger partial charge in [-0.25, -0.2) is 0 Å². The van der Waals surface area contributed by atoms with Crippen LogP contribution in [0.2, 0.25) is 5.02 Å². The molecule has 4 aromatic rings. The zero-order chi connectivity index (χ0) is 30.8. The lowest BCUT2D eigenvalue weighted by Gasteiger charge is -2.14. The summed E-state index contributed by atoms with van der Waals surface area (Å²) in [5.41, 5.74) is 2.97. The number of carbonyl (C=O) groups excluding carboxylic acids is 3. The number of para-hydroxylation sites is 1. The monoisotopic (exact) mass is 615 g/mol. The van der Waals surface area contributed by atoms with E-state index in [1.165, 1.54) is 32.1 Å². The molecule has 3 N–H and O–H groups in total. The molecule has 0 aliphatic heterocycles. The molecule has 0 bridgehead atoms. The number of aryl methyl sites for hydroxylation is 1. The Bertz CT molecular complexity index is 1660. The van der Waals surface area contributed by atoms with Gasteiger partial charge < -0.3 is 25.4 Å². The van der Waals surface area contributed by atoms with Crippen molar-refractivity contribution < 1.29 is 23.9 Å². The molecule has 0 aliphatic rings. The summed E-state index contributed by atoms with van der Waals surface area (Å²) in [5, 5.41) is 8.98. The number of hydrogen-bond acceptors (Lipinski definition) is 6. The summed E-state index contributed by atoms with van der Waals surface area (Å²) in [6.45, 7) is 1.89. The van der Waals surface area contributed by atoms with Crippen molar-refractivity contribution in [1.82, 2.24) is 5.32 Å². The van der Waals surface area contributed by atoms with Crippen LogP contribution in [0.25, 0.3) is 6.08 Å². The summed E-state index contributed by atoms with van der Waals surface area (Å²) in [7, 11) is 3.01. The molecule has 0 aliphatic carbocycles. The number of benzene rings is 4. The van der Waals surface area contributed by atoms with E-state index in [1.807, 2.05) is 19.1 Å². The minimum atomic E-state index is -0.550. The fourth-order valence-electron chi connectivity index (χ4n) is 4.05. The van der Waals surface area contributed by atoms with E-state index in [1.54, 1.807) is 78.9 Å². The Labute approximate surface area is 259 Å². The van der Waals surface area contributed by atoms with E-state index < -0.39 is 11.8 Å². The normalized spacial score (nSPS) is 10.9. The minimum absolute atomic E-state index is 0.00488. The Morgan fingerprint density at radius 3 is 2.37 bits per heavy atom. The molecule has 0 radical (unpaired) electrons. The Kier molecular flexibility index (Phi) is 10.9. The van der Waals surface area contributed by atoms with Gasteiger partial charge in [0.05, 0.1) is 20.0 Å². The van der Waals surface area contributed by atoms with E-state index >= 15 is 0 Å². The smallest absolute Gasteiger partial charge is 0.272 e. The van der Waals surface area contributed by atoms with Gasteiger partial charge in [-0.15, -0.1) is 11.8 Å². The first-order chi connectivity index (χ1) is 20.8. The maximum absolute atomic E-state index is 13.5. The Hall–Kier alpha value is -4.73. The van der Waals surface area contributed by atoms with Gasteiger partial charge in [0, 0.05) is 32.4 Å². The number of anilines is 2. The number of methoxy groups -OCH3 is 2. The van der Waals surface area contributed by atoms with Crippen LogP contribution < -0.4 is 25.4 Å². The van der Waals surface area contributed by atoms with Gasteiger partial charge in [0.1, 0.15) is 5.70 Å². The van der Waals surface area contributed by atoms with Crippen LogP contribution in [0.4, 0.5) is 11.4 Å². The highest BCUT2D eigenvalue weighted by Gasteiger charge is 2.18. The first-order valence-corrected chi connectivity index (χ1v) is 14.5. The van der Waals surface area contributed by atoms with Crippen LogP contribution >= 0.6 is 23.4 Å². The molecule has 4 aromatic carbocycles. The third-order valence-corrected chi connectivity index (χ3v) is 7.43. The molecular formula is C33H30ClN3O5S. The molecule has 0 spiro atoms. The highest BCUT2D eigenvalue weighted by atomic mass is 35.5. The van der Waals surface area contributed by atoms with Crippen molar-refractivity contribution in [2.75, 3.05) is 30.6 Å². The van der Waals surface area contributed by atoms with Gasteiger partial charge in [0.2, 0.25) is 5.91 Å². The molecule has 0 heterocycles. The number of halogens is 1. The van der Waals surface area contributed by atoms with E-state index in [9.17, 15) is 14.4 Å². The highest BCUT2D eigenvalue weighted by molar-refractivity contribution is 8.00. The summed E-state index contributed by atoms with van der Waals surface area (Å²) < 4.78 is 10.9. The van der Waals surface area contributed by atoms with Crippen molar-refractivity contribution in [3.05, 3.63) is 118 Å². The quantitative estimate of drug-likeness (QED) is 0.126. The first-order valence-electron chi connectivity index (χ1n) is 13.2. The Balaban J connectivity index is 1.52. The lowest BCUT2D eigenvalue weighted by Crippen LogP contribution is -2.30. The Morgan fingerprint density at radius 1 is 0.860 bits per heavy atom. The van der Waals surface area contributed by atoms with Crippen molar-refractivity contribution in [1.29, 1.82) is 0 Å². The van der Waals surface area contributed by atoms with Crippen LogP contribution in [-0.4, -0.2) is 37.7 Å². The lowest BCUT2D eigenvalue weighted by atomic mass is 10.1. The topological polar surface area (TPSA) is 106 Å². The molecule has 220 valence electrons. The summed E-state index contributed by atoms with van der Waals surface area (Å²) in [4.78, 5) is 39.9. The third-order valence-electron chi connectivity index (χ3n) is 6.20. The molecule has 0 fully saturated rings. The second-order valence-electron chi connectivity index (χ2n) is 9.24. The zero-order valence-electron chi connectivity index (χ0n) is 23.8. The Morgan fingerprint density at radius 2 is 1.63 bits per heavy atom. The molecule has 8 nitrogen and oxygen atoms in total. The molecule has 0 saturated heterocycles. The number of nitrogens with one attached hydrogen (secondary N) is 3. The predicted octanol–water partition coefficient (Wildman–Crippen LogP) is 6.81. The number of hydrogen-bond donors (Lipinski definition) is 3. The van der Waals surface area contributed by atoms with Crippen molar-refractivity contribution in [3.8, 4) is 11.5 Å². The van der Waals surface area contributed by atoms with Gasteiger partial charge in [-0.2, -0.15) is 0 Å². The SMILES string of the molecule is COc1cccc(/C=C(/NC(=O)c2ccccc2)C(=O)Nc2cccc(SCC(=O)Nc3cc(Cl)ccc3C)c2)c1OC. The standard InChI is InChI=1S/C33H30ClN3O5S/c1-21-15-16-24(34)18-27(21)36-30(38)20-43-26-13-8-12-25(19-26)35-33(40)28(37-32(39)22-9-5-4-6-10-22)17-23-11-7-14-29(41-2)31(23)42-3/h4-19H,20H2,1-3H3,(H,35,40)(H,36,38)(H,37,39)/b28-17+. The average molecular weight is 616 g/mol. The van der Waals surface area contributed by atoms with Gasteiger partial charge in [-0.05, 0) is 67.1 Å². The minimum Gasteiger partial charge on any atom is -0.493 e. The predicted molar refractivity (Wildman–Crippen MR) is 172 cm³/mol. The van der Waals surface area contributed by atoms with Gasteiger partial charge in [0.25, 0.3) is 11.8 Å². The molecule has 3 amide bonds. The second kappa shape index (κ2) is 14.9. The van der Waals surface area contributed by atoms with Gasteiger partial charge in [0.15, 0.2) is 11.5 Å². The van der Waals surface area contributed by atoms with E-state index in [4.69, 9.17) is 21.1 Å². The summed E-state index contributed by atoms with van der Waals surface area (Å²) in [6.07, 6.45) is 1.53. The lowest BCUT2D eigenvalue weighted by molar-refractivity contribution is -0.114. The summed E-state index contributed by atoms with van der Waals surface area (Å²) in [5.74, 6) is -0.152. The zero-order valence-corrected chi connectivity index (χ0v) is 25.3. The van der Waals surface area contributed by atoms with Crippen molar-refractivity contribution in [2.45, 2.75) is 11.8 Å².